The lowest BCUT2D eigenvalue weighted by molar-refractivity contribution is 0.434. The van der Waals surface area contributed by atoms with E-state index in [0.717, 1.165) is 19.1 Å². The van der Waals surface area contributed by atoms with E-state index in [4.69, 9.17) is 4.98 Å². The van der Waals surface area contributed by atoms with E-state index in [1.807, 2.05) is 11.3 Å². The molecule has 1 fully saturated rings. The number of nitrogens with zero attached hydrogens (tertiary/aromatic N) is 2. The second kappa shape index (κ2) is 7.99. The van der Waals surface area contributed by atoms with Gasteiger partial charge in [0.1, 0.15) is 0 Å². The maximum absolute atomic E-state index is 4.85. The van der Waals surface area contributed by atoms with Crippen molar-refractivity contribution in [2.24, 2.45) is 0 Å². The second-order valence-electron chi connectivity index (χ2n) is 5.81. The minimum absolute atomic E-state index is 0.718. The van der Waals surface area contributed by atoms with Crippen LogP contribution in [0.15, 0.2) is 0 Å². The third-order valence-electron chi connectivity index (χ3n) is 4.09. The van der Waals surface area contributed by atoms with Gasteiger partial charge in [0.15, 0.2) is 5.13 Å². The van der Waals surface area contributed by atoms with Crippen LogP contribution in [0.5, 0.6) is 0 Å². The van der Waals surface area contributed by atoms with Crippen molar-refractivity contribution in [3.05, 3.63) is 10.6 Å². The summed E-state index contributed by atoms with van der Waals surface area (Å²) in [7, 11) is 0. The molecule has 1 aliphatic heterocycles. The van der Waals surface area contributed by atoms with Crippen LogP contribution < -0.4 is 10.2 Å². The maximum atomic E-state index is 4.85. The van der Waals surface area contributed by atoms with Gasteiger partial charge in [-0.2, -0.15) is 0 Å². The summed E-state index contributed by atoms with van der Waals surface area (Å²) in [6.07, 6.45) is 7.82. The number of aromatic nitrogens is 1. The standard InChI is InChI=1S/C16H29N3S/c1-4-8-14-9-6-7-11-19(14)16-18-13(3)15(20-16)12-17-10-5-2/h14,17H,4-12H2,1-3H3. The predicted octanol–water partition coefficient (Wildman–Crippen LogP) is 4.11. The van der Waals surface area contributed by atoms with Gasteiger partial charge in [0.25, 0.3) is 0 Å². The van der Waals surface area contributed by atoms with Crippen molar-refractivity contribution in [2.45, 2.75) is 71.9 Å². The lowest BCUT2D eigenvalue weighted by atomic mass is 9.99. The van der Waals surface area contributed by atoms with E-state index in [1.165, 1.54) is 60.8 Å². The summed E-state index contributed by atoms with van der Waals surface area (Å²) in [6, 6.07) is 0.718. The van der Waals surface area contributed by atoms with Crippen molar-refractivity contribution >= 4 is 16.5 Å². The zero-order chi connectivity index (χ0) is 14.4. The molecule has 1 aliphatic rings. The highest BCUT2D eigenvalue weighted by atomic mass is 32.1. The molecule has 0 spiro atoms. The molecule has 0 bridgehead atoms. The third-order valence-corrected chi connectivity index (χ3v) is 5.28. The Bertz CT molecular complexity index is 400. The first-order valence-electron chi connectivity index (χ1n) is 8.19. The number of anilines is 1. The summed E-state index contributed by atoms with van der Waals surface area (Å²) >= 11 is 1.90. The first kappa shape index (κ1) is 15.8. The van der Waals surface area contributed by atoms with Crippen LogP contribution in [0, 0.1) is 6.92 Å². The Morgan fingerprint density at radius 1 is 1.30 bits per heavy atom. The monoisotopic (exact) mass is 295 g/mol. The fraction of sp³-hybridized carbons (Fsp3) is 0.812. The van der Waals surface area contributed by atoms with Crippen molar-refractivity contribution in [3.63, 3.8) is 0 Å². The molecule has 1 saturated heterocycles. The summed E-state index contributed by atoms with van der Waals surface area (Å²) in [4.78, 5) is 8.84. The van der Waals surface area contributed by atoms with E-state index in [-0.39, 0.29) is 0 Å². The quantitative estimate of drug-likeness (QED) is 0.767. The van der Waals surface area contributed by atoms with Crippen LogP contribution >= 0.6 is 11.3 Å². The number of hydrogen-bond donors (Lipinski definition) is 1. The normalized spacial score (nSPS) is 19.6. The van der Waals surface area contributed by atoms with E-state index >= 15 is 0 Å². The van der Waals surface area contributed by atoms with Crippen LogP contribution in [0.2, 0.25) is 0 Å². The van der Waals surface area contributed by atoms with Gasteiger partial charge in [-0.25, -0.2) is 4.98 Å². The number of piperidine rings is 1. The summed E-state index contributed by atoms with van der Waals surface area (Å²) in [5.41, 5.74) is 1.22. The third kappa shape index (κ3) is 3.95. The lowest BCUT2D eigenvalue weighted by Gasteiger charge is -2.35. The topological polar surface area (TPSA) is 28.2 Å². The van der Waals surface area contributed by atoms with Crippen LogP contribution in [0.3, 0.4) is 0 Å². The molecule has 0 saturated carbocycles. The van der Waals surface area contributed by atoms with E-state index in [9.17, 15) is 0 Å². The average Bonchev–Trinajstić information content (AvgIpc) is 2.81. The summed E-state index contributed by atoms with van der Waals surface area (Å²) < 4.78 is 0. The van der Waals surface area contributed by atoms with Gasteiger partial charge in [-0.1, -0.05) is 20.3 Å². The molecular weight excluding hydrogens is 266 g/mol. The zero-order valence-electron chi connectivity index (χ0n) is 13.2. The first-order valence-corrected chi connectivity index (χ1v) is 9.01. The number of aryl methyl sites for hydroxylation is 1. The Hall–Kier alpha value is -0.610. The number of hydrogen-bond acceptors (Lipinski definition) is 4. The first-order chi connectivity index (χ1) is 9.76. The largest absolute Gasteiger partial charge is 0.345 e. The highest BCUT2D eigenvalue weighted by molar-refractivity contribution is 7.15. The maximum Gasteiger partial charge on any atom is 0.186 e. The molecule has 3 nitrogen and oxygen atoms in total. The SMILES string of the molecule is CCCNCc1sc(N2CCCCC2CCC)nc1C. The molecule has 0 radical (unpaired) electrons. The zero-order valence-corrected chi connectivity index (χ0v) is 14.1. The van der Waals surface area contributed by atoms with E-state index in [2.05, 4.69) is 31.0 Å². The Morgan fingerprint density at radius 3 is 2.90 bits per heavy atom. The Balaban J connectivity index is 2.04. The summed E-state index contributed by atoms with van der Waals surface area (Å²) in [5.74, 6) is 0. The predicted molar refractivity (Wildman–Crippen MR) is 88.7 cm³/mol. The van der Waals surface area contributed by atoms with Gasteiger partial charge in [-0.15, -0.1) is 11.3 Å². The molecule has 2 rings (SSSR count). The minimum atomic E-state index is 0.718. The fourth-order valence-corrected chi connectivity index (χ4v) is 4.09. The molecule has 1 aromatic rings. The van der Waals surface area contributed by atoms with Crippen molar-refractivity contribution in [2.75, 3.05) is 18.0 Å². The summed E-state index contributed by atoms with van der Waals surface area (Å²) in [6.45, 7) is 9.92. The molecule has 1 unspecified atom stereocenters. The van der Waals surface area contributed by atoms with Crippen LogP contribution in [-0.4, -0.2) is 24.1 Å². The molecule has 20 heavy (non-hydrogen) atoms. The molecule has 114 valence electrons. The molecule has 2 heterocycles. The molecule has 0 aliphatic carbocycles. The van der Waals surface area contributed by atoms with E-state index in [0.29, 0.717) is 0 Å². The lowest BCUT2D eigenvalue weighted by Crippen LogP contribution is -2.39. The Kier molecular flexibility index (Phi) is 6.30. The van der Waals surface area contributed by atoms with Crippen LogP contribution in [0.4, 0.5) is 5.13 Å². The molecule has 1 N–H and O–H groups in total. The van der Waals surface area contributed by atoms with Gasteiger partial charge >= 0.3 is 0 Å². The Morgan fingerprint density at radius 2 is 2.15 bits per heavy atom. The fourth-order valence-electron chi connectivity index (χ4n) is 2.96. The number of rotatable bonds is 7. The highest BCUT2D eigenvalue weighted by Crippen LogP contribution is 2.32. The van der Waals surface area contributed by atoms with Crippen LogP contribution in [0.25, 0.3) is 0 Å². The Labute approximate surface area is 127 Å². The minimum Gasteiger partial charge on any atom is -0.345 e. The van der Waals surface area contributed by atoms with Gasteiger partial charge in [0, 0.05) is 24.0 Å². The molecule has 1 atom stereocenters. The highest BCUT2D eigenvalue weighted by Gasteiger charge is 2.24. The van der Waals surface area contributed by atoms with Crippen molar-refractivity contribution in [3.8, 4) is 0 Å². The summed E-state index contributed by atoms with van der Waals surface area (Å²) in [5, 5.41) is 4.75. The molecular formula is C16H29N3S. The smallest absolute Gasteiger partial charge is 0.186 e. The van der Waals surface area contributed by atoms with Crippen molar-refractivity contribution in [1.82, 2.24) is 10.3 Å². The molecule has 1 aromatic heterocycles. The van der Waals surface area contributed by atoms with Gasteiger partial charge in [0.05, 0.1) is 5.69 Å². The van der Waals surface area contributed by atoms with Crippen molar-refractivity contribution in [1.29, 1.82) is 0 Å². The van der Waals surface area contributed by atoms with Gasteiger partial charge in [-0.3, -0.25) is 0 Å². The van der Waals surface area contributed by atoms with Crippen molar-refractivity contribution < 1.29 is 0 Å². The number of nitrogens with one attached hydrogen (secondary N) is 1. The molecule has 0 aromatic carbocycles. The average molecular weight is 295 g/mol. The van der Waals surface area contributed by atoms with Gasteiger partial charge < -0.3 is 10.2 Å². The van der Waals surface area contributed by atoms with E-state index < -0.39 is 0 Å². The van der Waals surface area contributed by atoms with Crippen LogP contribution in [0.1, 0.15) is 62.9 Å². The number of thiazole rings is 1. The second-order valence-corrected chi connectivity index (χ2v) is 6.88. The van der Waals surface area contributed by atoms with Crippen LogP contribution in [-0.2, 0) is 6.54 Å². The molecule has 4 heteroatoms. The van der Waals surface area contributed by atoms with Gasteiger partial charge in [-0.05, 0) is 45.6 Å². The van der Waals surface area contributed by atoms with E-state index in [1.54, 1.807) is 0 Å². The van der Waals surface area contributed by atoms with Gasteiger partial charge in [0.2, 0.25) is 0 Å². The molecule has 0 amide bonds.